The van der Waals surface area contributed by atoms with E-state index in [2.05, 4.69) is 10.2 Å². The van der Waals surface area contributed by atoms with E-state index in [1.807, 2.05) is 19.1 Å². The molecule has 2 heterocycles. The van der Waals surface area contributed by atoms with Crippen molar-refractivity contribution in [3.05, 3.63) is 21.3 Å². The average Bonchev–Trinajstić information content (AvgIpc) is 2.76. The molecule has 96 valence electrons. The smallest absolute Gasteiger partial charge is 0.0972 e. The van der Waals surface area contributed by atoms with Gasteiger partial charge in [-0.15, -0.1) is 11.3 Å². The molecule has 5 heteroatoms. The summed E-state index contributed by atoms with van der Waals surface area (Å²) in [6, 6.07) is 3.77. The highest BCUT2D eigenvalue weighted by atomic mass is 35.5. The lowest BCUT2D eigenvalue weighted by molar-refractivity contribution is 0.0379. The maximum atomic E-state index is 10.4. The number of aliphatic hydroxyl groups is 1. The van der Waals surface area contributed by atoms with Gasteiger partial charge in [-0.05, 0) is 25.5 Å². The first kappa shape index (κ1) is 13.3. The van der Waals surface area contributed by atoms with Crippen LogP contribution in [0.25, 0.3) is 0 Å². The molecule has 0 spiro atoms. The van der Waals surface area contributed by atoms with Gasteiger partial charge in [0.1, 0.15) is 0 Å². The van der Waals surface area contributed by atoms with E-state index in [0.29, 0.717) is 0 Å². The highest BCUT2D eigenvalue weighted by molar-refractivity contribution is 7.16. The average molecular weight is 275 g/mol. The summed E-state index contributed by atoms with van der Waals surface area (Å²) in [6.45, 7) is 7.05. The minimum absolute atomic E-state index is 0.738. The molecule has 1 aliphatic rings. The second-order valence-corrected chi connectivity index (χ2v) is 6.43. The van der Waals surface area contributed by atoms with Gasteiger partial charge in [0, 0.05) is 37.6 Å². The van der Waals surface area contributed by atoms with Crippen LogP contribution in [0.1, 0.15) is 18.2 Å². The van der Waals surface area contributed by atoms with E-state index in [1.54, 1.807) is 0 Å². The molecule has 0 saturated carbocycles. The van der Waals surface area contributed by atoms with Crippen molar-refractivity contribution in [2.75, 3.05) is 32.7 Å². The summed E-state index contributed by atoms with van der Waals surface area (Å²) in [4.78, 5) is 3.35. The highest BCUT2D eigenvalue weighted by Gasteiger charge is 2.26. The largest absolute Gasteiger partial charge is 0.385 e. The molecule has 1 aromatic rings. The number of thiophene rings is 1. The minimum atomic E-state index is -0.761. The molecule has 17 heavy (non-hydrogen) atoms. The molecule has 0 radical (unpaired) electrons. The van der Waals surface area contributed by atoms with Crippen LogP contribution in [0.2, 0.25) is 4.34 Å². The van der Waals surface area contributed by atoms with Crippen molar-refractivity contribution in [2.24, 2.45) is 0 Å². The Morgan fingerprint density at radius 2 is 2.18 bits per heavy atom. The van der Waals surface area contributed by atoms with Gasteiger partial charge in [0.2, 0.25) is 0 Å². The fourth-order valence-electron chi connectivity index (χ4n) is 2.04. The Hall–Kier alpha value is -0.130. The summed E-state index contributed by atoms with van der Waals surface area (Å²) >= 11 is 7.37. The molecule has 1 saturated heterocycles. The molecule has 1 unspecified atom stereocenters. The predicted molar refractivity (Wildman–Crippen MR) is 72.8 cm³/mol. The van der Waals surface area contributed by atoms with E-state index < -0.39 is 5.60 Å². The van der Waals surface area contributed by atoms with Gasteiger partial charge in [0.15, 0.2) is 0 Å². The van der Waals surface area contributed by atoms with Gasteiger partial charge in [-0.25, -0.2) is 0 Å². The van der Waals surface area contributed by atoms with Crippen LogP contribution in [-0.4, -0.2) is 42.7 Å². The number of hydrogen-bond acceptors (Lipinski definition) is 4. The lowest BCUT2D eigenvalue weighted by Gasteiger charge is -2.30. The molecule has 1 aliphatic heterocycles. The Bertz CT molecular complexity index is 361. The fraction of sp³-hybridized carbons (Fsp3) is 0.667. The van der Waals surface area contributed by atoms with Crippen LogP contribution in [0.5, 0.6) is 0 Å². The van der Waals surface area contributed by atoms with Crippen LogP contribution in [0.15, 0.2) is 12.1 Å². The Morgan fingerprint density at radius 3 is 2.76 bits per heavy atom. The van der Waals surface area contributed by atoms with E-state index in [0.717, 1.165) is 48.4 Å². The third-order valence-electron chi connectivity index (χ3n) is 3.23. The lowest BCUT2D eigenvalue weighted by Crippen LogP contribution is -2.44. The van der Waals surface area contributed by atoms with Gasteiger partial charge in [-0.1, -0.05) is 11.6 Å². The summed E-state index contributed by atoms with van der Waals surface area (Å²) in [5.74, 6) is 0. The van der Waals surface area contributed by atoms with Gasteiger partial charge >= 0.3 is 0 Å². The molecular formula is C12H19ClN2OS. The zero-order valence-electron chi connectivity index (χ0n) is 10.1. The van der Waals surface area contributed by atoms with Crippen LogP contribution in [0.3, 0.4) is 0 Å². The molecule has 1 atom stereocenters. The zero-order valence-corrected chi connectivity index (χ0v) is 11.7. The SMILES string of the molecule is CC(O)(CCN1CCNCC1)c1ccc(Cl)s1. The third kappa shape index (κ3) is 3.66. The van der Waals surface area contributed by atoms with Crippen LogP contribution in [0, 0.1) is 0 Å². The second-order valence-electron chi connectivity index (χ2n) is 4.72. The molecule has 2 rings (SSSR count). The summed E-state index contributed by atoms with van der Waals surface area (Å²) in [6.07, 6.45) is 0.754. The molecule has 1 aromatic heterocycles. The van der Waals surface area contributed by atoms with E-state index in [4.69, 9.17) is 11.6 Å². The van der Waals surface area contributed by atoms with Gasteiger partial charge in [-0.2, -0.15) is 0 Å². The quantitative estimate of drug-likeness (QED) is 0.880. The van der Waals surface area contributed by atoms with Crippen molar-refractivity contribution in [2.45, 2.75) is 18.9 Å². The van der Waals surface area contributed by atoms with Crippen molar-refractivity contribution in [3.8, 4) is 0 Å². The van der Waals surface area contributed by atoms with Gasteiger partial charge < -0.3 is 15.3 Å². The topological polar surface area (TPSA) is 35.5 Å². The maximum absolute atomic E-state index is 10.4. The zero-order chi connectivity index (χ0) is 12.3. The van der Waals surface area contributed by atoms with Crippen LogP contribution in [0.4, 0.5) is 0 Å². The monoisotopic (exact) mass is 274 g/mol. The summed E-state index contributed by atoms with van der Waals surface area (Å²) in [7, 11) is 0. The van der Waals surface area contributed by atoms with E-state index in [1.165, 1.54) is 11.3 Å². The summed E-state index contributed by atoms with van der Waals surface area (Å²) < 4.78 is 0.738. The van der Waals surface area contributed by atoms with E-state index >= 15 is 0 Å². The molecule has 0 aliphatic carbocycles. The molecule has 3 nitrogen and oxygen atoms in total. The standard InChI is InChI=1S/C12H19ClN2OS/c1-12(16,10-2-3-11(13)17-10)4-7-15-8-5-14-6-9-15/h2-3,14,16H,4-9H2,1H3. The van der Waals surface area contributed by atoms with Crippen molar-refractivity contribution in [1.82, 2.24) is 10.2 Å². The first-order valence-electron chi connectivity index (χ1n) is 5.99. The Labute approximate surface area is 111 Å². The second kappa shape index (κ2) is 5.67. The number of nitrogens with zero attached hydrogens (tertiary/aromatic N) is 1. The number of halogens is 1. The highest BCUT2D eigenvalue weighted by Crippen LogP contribution is 2.33. The first-order valence-corrected chi connectivity index (χ1v) is 7.19. The van der Waals surface area contributed by atoms with Crippen LogP contribution >= 0.6 is 22.9 Å². The molecule has 2 N–H and O–H groups in total. The number of rotatable bonds is 4. The molecule has 0 amide bonds. The number of nitrogens with one attached hydrogen (secondary N) is 1. The van der Waals surface area contributed by atoms with Crippen molar-refractivity contribution < 1.29 is 5.11 Å². The fourth-order valence-corrected chi connectivity index (χ4v) is 3.15. The molecule has 0 bridgehead atoms. The normalized spacial score (nSPS) is 21.4. The summed E-state index contributed by atoms with van der Waals surface area (Å²) in [5, 5.41) is 13.8. The van der Waals surface area contributed by atoms with E-state index in [9.17, 15) is 5.11 Å². The number of hydrogen-bond donors (Lipinski definition) is 2. The number of piperazine rings is 1. The first-order chi connectivity index (χ1) is 8.08. The molecule has 0 aromatic carbocycles. The molecule has 1 fully saturated rings. The maximum Gasteiger partial charge on any atom is 0.0972 e. The predicted octanol–water partition coefficient (Wildman–Crippen LogP) is 1.90. The molecular weight excluding hydrogens is 256 g/mol. The van der Waals surface area contributed by atoms with Crippen molar-refractivity contribution in [1.29, 1.82) is 0 Å². The van der Waals surface area contributed by atoms with Crippen LogP contribution in [-0.2, 0) is 5.60 Å². The Balaban J connectivity index is 1.88. The minimum Gasteiger partial charge on any atom is -0.385 e. The lowest BCUT2D eigenvalue weighted by atomic mass is 10.00. The van der Waals surface area contributed by atoms with Gasteiger partial charge in [-0.3, -0.25) is 0 Å². The summed E-state index contributed by atoms with van der Waals surface area (Å²) in [5.41, 5.74) is -0.761. The van der Waals surface area contributed by atoms with Gasteiger partial charge in [0.25, 0.3) is 0 Å². The van der Waals surface area contributed by atoms with Crippen LogP contribution < -0.4 is 5.32 Å². The third-order valence-corrected chi connectivity index (χ3v) is 4.71. The van der Waals surface area contributed by atoms with Gasteiger partial charge in [0.05, 0.1) is 9.94 Å². The van der Waals surface area contributed by atoms with Crippen molar-refractivity contribution >= 4 is 22.9 Å². The van der Waals surface area contributed by atoms with E-state index in [-0.39, 0.29) is 0 Å². The van der Waals surface area contributed by atoms with Crippen molar-refractivity contribution in [3.63, 3.8) is 0 Å². The Morgan fingerprint density at radius 1 is 1.47 bits per heavy atom. The Kier molecular flexibility index (Phi) is 4.44.